The maximum Gasteiger partial charge on any atom is 0.264 e. The molecule has 4 N–H and O–H groups in total. The van der Waals surface area contributed by atoms with Crippen LogP contribution in [0.1, 0.15) is 60.7 Å². The molecule has 0 bridgehead atoms. The smallest absolute Gasteiger partial charge is 0.264 e. The van der Waals surface area contributed by atoms with Crippen LogP contribution in [0.3, 0.4) is 0 Å². The summed E-state index contributed by atoms with van der Waals surface area (Å²) in [4.78, 5) is 78.6. The summed E-state index contributed by atoms with van der Waals surface area (Å²) in [6.45, 7) is 1.70. The topological polar surface area (TPSA) is 212 Å². The number of amides is 5. The number of halogens is 2. The van der Waals surface area contributed by atoms with E-state index in [0.29, 0.717) is 41.6 Å². The van der Waals surface area contributed by atoms with Gasteiger partial charge in [0.25, 0.3) is 17.7 Å². The van der Waals surface area contributed by atoms with E-state index in [9.17, 15) is 29.2 Å². The van der Waals surface area contributed by atoms with Crippen molar-refractivity contribution in [3.8, 4) is 6.07 Å². The third-order valence-electron chi connectivity index (χ3n) is 9.35. The lowest BCUT2D eigenvalue weighted by molar-refractivity contribution is -0.136. The molecule has 1 unspecified atom stereocenters. The highest BCUT2D eigenvalue weighted by Gasteiger charge is 2.45. The predicted octanol–water partition coefficient (Wildman–Crippen LogP) is 3.10. The van der Waals surface area contributed by atoms with Gasteiger partial charge in [0.2, 0.25) is 17.8 Å². The van der Waals surface area contributed by atoms with Gasteiger partial charge in [0.05, 0.1) is 52.7 Å². The van der Waals surface area contributed by atoms with Crippen LogP contribution in [0.4, 0.5) is 27.4 Å². The number of piperidine rings is 1. The zero-order valence-corrected chi connectivity index (χ0v) is 29.8. The molecule has 16 nitrogen and oxygen atoms in total. The minimum absolute atomic E-state index is 0.0239. The minimum Gasteiger partial charge on any atom is -0.382 e. The van der Waals surface area contributed by atoms with Crippen LogP contribution in [-0.2, 0) is 27.3 Å². The molecule has 18 heteroatoms. The maximum atomic E-state index is 15.0. The van der Waals surface area contributed by atoms with Crippen molar-refractivity contribution in [3.63, 3.8) is 0 Å². The Kier molecular flexibility index (Phi) is 10.6. The normalized spacial score (nSPS) is 16.3. The molecule has 7 rings (SSSR count). The van der Waals surface area contributed by atoms with E-state index in [1.165, 1.54) is 24.5 Å². The lowest BCUT2D eigenvalue weighted by atomic mass is 10.0. The molecule has 280 valence electrons. The molecular weight excluding hydrogens is 735 g/mol. The van der Waals surface area contributed by atoms with E-state index in [1.807, 2.05) is 6.07 Å². The van der Waals surface area contributed by atoms with E-state index in [0.717, 1.165) is 21.8 Å². The zero-order valence-electron chi connectivity index (χ0n) is 29.0. The van der Waals surface area contributed by atoms with Gasteiger partial charge in [0.1, 0.15) is 30.1 Å². The summed E-state index contributed by atoms with van der Waals surface area (Å²) in [7, 11) is 0. The molecule has 2 aromatic heterocycles. The van der Waals surface area contributed by atoms with Gasteiger partial charge in [0, 0.05) is 43.0 Å². The first-order chi connectivity index (χ1) is 26.6. The number of pyridine rings is 1. The van der Waals surface area contributed by atoms with Crippen LogP contribution >= 0.6 is 11.6 Å². The number of hydrogen-bond donors (Lipinski definition) is 4. The van der Waals surface area contributed by atoms with Crippen molar-refractivity contribution in [1.29, 1.82) is 5.26 Å². The van der Waals surface area contributed by atoms with Crippen LogP contribution in [0.2, 0.25) is 5.02 Å². The molecule has 1 saturated heterocycles. The van der Waals surface area contributed by atoms with Crippen LogP contribution in [-0.4, -0.2) is 88.3 Å². The lowest BCUT2D eigenvalue weighted by Crippen LogP contribution is -2.54. The number of aromatic nitrogens is 3. The second-order valence-electron chi connectivity index (χ2n) is 12.7. The van der Waals surface area contributed by atoms with Crippen molar-refractivity contribution in [1.82, 2.24) is 30.5 Å². The first-order valence-electron chi connectivity index (χ1n) is 17.3. The van der Waals surface area contributed by atoms with Gasteiger partial charge in [-0.25, -0.2) is 15.0 Å². The summed E-state index contributed by atoms with van der Waals surface area (Å²) in [5, 5.41) is 20.4. The van der Waals surface area contributed by atoms with Crippen LogP contribution in [0, 0.1) is 17.3 Å². The largest absolute Gasteiger partial charge is 0.382 e. The van der Waals surface area contributed by atoms with Crippen molar-refractivity contribution in [2.45, 2.75) is 31.8 Å². The van der Waals surface area contributed by atoms with E-state index in [-0.39, 0.29) is 61.7 Å². The number of anilines is 4. The lowest BCUT2D eigenvalue weighted by Gasteiger charge is -2.30. The fourth-order valence-electron chi connectivity index (χ4n) is 6.62. The van der Waals surface area contributed by atoms with E-state index in [2.05, 4.69) is 47.2 Å². The number of carbonyl (C=O) groups excluding carboxylic acids is 5. The van der Waals surface area contributed by atoms with E-state index < -0.39 is 41.5 Å². The zero-order chi connectivity index (χ0) is 38.6. The van der Waals surface area contributed by atoms with Gasteiger partial charge in [-0.2, -0.15) is 9.65 Å². The fraction of sp³-hybridized carbons (Fsp3) is 0.270. The van der Waals surface area contributed by atoms with E-state index >= 15 is 4.39 Å². The first-order valence-corrected chi connectivity index (χ1v) is 17.7. The summed E-state index contributed by atoms with van der Waals surface area (Å²) in [6.07, 6.45) is 2.07. The van der Waals surface area contributed by atoms with E-state index in [4.69, 9.17) is 16.3 Å². The number of nitrogens with zero attached hydrogens (tertiary/aromatic N) is 6. The molecular formula is C37H32ClFN10O6. The van der Waals surface area contributed by atoms with Crippen molar-refractivity contribution < 1.29 is 33.1 Å². The number of rotatable bonds is 12. The molecule has 3 aliphatic heterocycles. The monoisotopic (exact) mass is 766 g/mol. The van der Waals surface area contributed by atoms with Gasteiger partial charge in [-0.05, 0) is 55.3 Å². The van der Waals surface area contributed by atoms with Gasteiger partial charge in [-0.1, -0.05) is 17.7 Å². The number of nitriles is 1. The molecule has 0 saturated carbocycles. The Balaban J connectivity index is 0.868. The van der Waals surface area contributed by atoms with Gasteiger partial charge < -0.3 is 25.6 Å². The number of ether oxygens (including phenoxy) is 1. The highest BCUT2D eigenvalue weighted by Crippen LogP contribution is 2.33. The Morgan fingerprint density at radius 2 is 1.89 bits per heavy atom. The van der Waals surface area contributed by atoms with Crippen molar-refractivity contribution in [3.05, 3.63) is 99.3 Å². The average molecular weight is 767 g/mol. The molecule has 1 fully saturated rings. The van der Waals surface area contributed by atoms with Crippen molar-refractivity contribution in [2.75, 3.05) is 48.4 Å². The molecule has 0 aliphatic carbocycles. The Bertz CT molecular complexity index is 2280. The Morgan fingerprint density at radius 1 is 1.05 bits per heavy atom. The van der Waals surface area contributed by atoms with Crippen LogP contribution in [0.15, 0.2) is 54.9 Å². The van der Waals surface area contributed by atoms with Gasteiger partial charge in [-0.15, -0.1) is 0 Å². The predicted molar refractivity (Wildman–Crippen MR) is 195 cm³/mol. The van der Waals surface area contributed by atoms with Gasteiger partial charge in [0.15, 0.2) is 0 Å². The fourth-order valence-corrected chi connectivity index (χ4v) is 6.84. The summed E-state index contributed by atoms with van der Waals surface area (Å²) in [5.74, 6) is -3.38. The van der Waals surface area contributed by atoms with Gasteiger partial charge in [-0.3, -0.25) is 34.2 Å². The molecule has 5 amide bonds. The van der Waals surface area contributed by atoms with Crippen LogP contribution < -0.4 is 26.2 Å². The summed E-state index contributed by atoms with van der Waals surface area (Å²) in [6, 6.07) is 13.8. The van der Waals surface area contributed by atoms with Crippen molar-refractivity contribution in [2.24, 2.45) is 0 Å². The standard InChI is InChI=1S/C37H32ClFN10O6/c38-25-16-21(5-4-20(25)17-40)48-13-10-22-27(18-48)43-19-44-33(22)46-29-8-6-24(32(39)45-29)34(51)42-12-15-55-14-11-41-26-3-1-2-23-31(26)37(54)49(36(23)53)28-7-9-30(50)47-35(28)52/h1-6,8,16,19,28,41H,7,9-15,18H2,(H,42,51)(H,47,50,52)(H,43,44,45,46). The van der Waals surface area contributed by atoms with Crippen LogP contribution in [0.25, 0.3) is 0 Å². The molecule has 55 heavy (non-hydrogen) atoms. The minimum atomic E-state index is -1.07. The molecule has 5 heterocycles. The molecule has 0 radical (unpaired) electrons. The Labute approximate surface area is 318 Å². The number of benzene rings is 2. The highest BCUT2D eigenvalue weighted by atomic mass is 35.5. The molecule has 2 aromatic carbocycles. The molecule has 3 aliphatic rings. The number of fused-ring (bicyclic) bond motifs is 2. The third-order valence-corrected chi connectivity index (χ3v) is 9.66. The highest BCUT2D eigenvalue weighted by molar-refractivity contribution is 6.32. The molecule has 0 spiro atoms. The number of hydrogen-bond acceptors (Lipinski definition) is 13. The second-order valence-corrected chi connectivity index (χ2v) is 13.1. The van der Waals surface area contributed by atoms with Gasteiger partial charge >= 0.3 is 0 Å². The molecule has 1 atom stereocenters. The third kappa shape index (κ3) is 7.63. The summed E-state index contributed by atoms with van der Waals surface area (Å²) < 4.78 is 20.6. The maximum absolute atomic E-state index is 15.0. The summed E-state index contributed by atoms with van der Waals surface area (Å²) in [5.41, 5.74) is 3.30. The number of imide groups is 2. The van der Waals surface area contributed by atoms with Crippen LogP contribution in [0.5, 0.6) is 0 Å². The quantitative estimate of drug-likeness (QED) is 0.0929. The number of nitrogens with one attached hydrogen (secondary N) is 4. The van der Waals surface area contributed by atoms with Crippen molar-refractivity contribution >= 4 is 64.1 Å². The molecule has 4 aromatic rings. The second kappa shape index (κ2) is 15.8. The summed E-state index contributed by atoms with van der Waals surface area (Å²) >= 11 is 6.23. The first kappa shape index (κ1) is 36.8. The average Bonchev–Trinajstić information content (AvgIpc) is 3.43. The Hall–Kier alpha value is -6.51. The SMILES string of the molecule is N#Cc1ccc(N2CCc3c(ncnc3Nc3ccc(C(=O)NCCOCCNc4cccc5c4C(=O)N(C4CCC(=O)NC4=O)C5=O)c(F)n3)C2)cc1Cl. The van der Waals surface area contributed by atoms with E-state index in [1.54, 1.807) is 24.3 Å². The Morgan fingerprint density at radius 3 is 2.67 bits per heavy atom. The number of carbonyl (C=O) groups is 5.